The van der Waals surface area contributed by atoms with Crippen LogP contribution < -0.4 is 5.32 Å². The van der Waals surface area contributed by atoms with Gasteiger partial charge in [0, 0.05) is 19.6 Å². The molecule has 1 aromatic heterocycles. The van der Waals surface area contributed by atoms with Gasteiger partial charge in [0.1, 0.15) is 0 Å². The summed E-state index contributed by atoms with van der Waals surface area (Å²) >= 11 is 0. The number of amides is 2. The maximum Gasteiger partial charge on any atom is 0.360 e. The van der Waals surface area contributed by atoms with Crippen molar-refractivity contribution in [2.75, 3.05) is 26.2 Å². The zero-order valence-electron chi connectivity index (χ0n) is 12.6. The smallest absolute Gasteiger partial charge is 0.360 e. The highest BCUT2D eigenvalue weighted by atomic mass is 16.5. The number of urea groups is 1. The van der Waals surface area contributed by atoms with E-state index in [4.69, 9.17) is 4.74 Å². The fraction of sp³-hybridized carbons (Fsp3) is 0.692. The molecule has 0 radical (unpaired) electrons. The molecule has 2 amide bonds. The largest absolute Gasteiger partial charge is 0.461 e. The standard InChI is InChI=1S/C13H21N5O3/c1-9(2)8-21-12(19)11-10(3)18(16-15-11)7-6-17-5-4-14-13(17)20/h9H,4-8H2,1-3H3,(H,14,20). The average Bonchev–Trinajstić information content (AvgIpc) is 3.00. The summed E-state index contributed by atoms with van der Waals surface area (Å²) in [5.74, 6) is -0.177. The molecular weight excluding hydrogens is 274 g/mol. The summed E-state index contributed by atoms with van der Waals surface area (Å²) in [6.45, 7) is 8.48. The third-order valence-corrected chi connectivity index (χ3v) is 3.25. The molecule has 2 heterocycles. The Labute approximate surface area is 123 Å². The maximum absolute atomic E-state index is 11.9. The van der Waals surface area contributed by atoms with E-state index in [2.05, 4.69) is 15.6 Å². The van der Waals surface area contributed by atoms with Gasteiger partial charge in [0.2, 0.25) is 0 Å². The van der Waals surface area contributed by atoms with Crippen molar-refractivity contribution in [2.24, 2.45) is 5.92 Å². The molecule has 0 spiro atoms. The van der Waals surface area contributed by atoms with Crippen molar-refractivity contribution >= 4 is 12.0 Å². The zero-order chi connectivity index (χ0) is 15.4. The number of carbonyl (C=O) groups excluding carboxylic acids is 2. The van der Waals surface area contributed by atoms with Crippen LogP contribution in [0.3, 0.4) is 0 Å². The third kappa shape index (κ3) is 3.71. The second-order valence-corrected chi connectivity index (χ2v) is 5.46. The Hall–Kier alpha value is -2.12. The first-order valence-electron chi connectivity index (χ1n) is 7.09. The van der Waals surface area contributed by atoms with E-state index in [-0.39, 0.29) is 17.6 Å². The van der Waals surface area contributed by atoms with Crippen LogP contribution in [0.2, 0.25) is 0 Å². The van der Waals surface area contributed by atoms with Crippen LogP contribution in [-0.4, -0.2) is 58.1 Å². The lowest BCUT2D eigenvalue weighted by Crippen LogP contribution is -2.31. The number of carbonyl (C=O) groups is 2. The molecular formula is C13H21N5O3. The Kier molecular flexibility index (Phi) is 4.77. The van der Waals surface area contributed by atoms with Crippen LogP contribution in [0.15, 0.2) is 0 Å². The van der Waals surface area contributed by atoms with Gasteiger partial charge in [-0.05, 0) is 12.8 Å². The van der Waals surface area contributed by atoms with Crippen molar-refractivity contribution in [1.29, 1.82) is 0 Å². The summed E-state index contributed by atoms with van der Waals surface area (Å²) in [4.78, 5) is 25.0. The van der Waals surface area contributed by atoms with Crippen molar-refractivity contribution in [3.8, 4) is 0 Å². The van der Waals surface area contributed by atoms with Crippen molar-refractivity contribution < 1.29 is 14.3 Å². The molecule has 0 atom stereocenters. The highest BCUT2D eigenvalue weighted by Gasteiger charge is 2.21. The monoisotopic (exact) mass is 295 g/mol. The van der Waals surface area contributed by atoms with Gasteiger partial charge in [-0.15, -0.1) is 5.10 Å². The lowest BCUT2D eigenvalue weighted by molar-refractivity contribution is 0.0451. The van der Waals surface area contributed by atoms with Crippen molar-refractivity contribution in [3.63, 3.8) is 0 Å². The summed E-state index contributed by atoms with van der Waals surface area (Å²) in [7, 11) is 0. The first-order chi connectivity index (χ1) is 9.99. The van der Waals surface area contributed by atoms with E-state index in [1.54, 1.807) is 16.5 Å². The number of aromatic nitrogens is 3. The normalized spacial score (nSPS) is 14.7. The van der Waals surface area contributed by atoms with Gasteiger partial charge >= 0.3 is 12.0 Å². The molecule has 0 saturated carbocycles. The lowest BCUT2D eigenvalue weighted by Gasteiger charge is -2.14. The summed E-state index contributed by atoms with van der Waals surface area (Å²) in [6.07, 6.45) is 0. The molecule has 0 aromatic carbocycles. The molecule has 1 aliphatic heterocycles. The van der Waals surface area contributed by atoms with E-state index < -0.39 is 5.97 Å². The molecule has 0 bridgehead atoms. The van der Waals surface area contributed by atoms with E-state index in [1.807, 2.05) is 13.8 Å². The molecule has 1 aliphatic rings. The van der Waals surface area contributed by atoms with Crippen LogP contribution in [0.25, 0.3) is 0 Å². The van der Waals surface area contributed by atoms with E-state index in [1.165, 1.54) is 0 Å². The highest BCUT2D eigenvalue weighted by molar-refractivity contribution is 5.88. The minimum absolute atomic E-state index is 0.0654. The second-order valence-electron chi connectivity index (χ2n) is 5.46. The fourth-order valence-electron chi connectivity index (χ4n) is 2.01. The fourth-order valence-corrected chi connectivity index (χ4v) is 2.01. The number of rotatable bonds is 6. The summed E-state index contributed by atoms with van der Waals surface area (Å²) in [5.41, 5.74) is 0.893. The number of ether oxygens (including phenoxy) is 1. The summed E-state index contributed by atoms with van der Waals surface area (Å²) in [6, 6.07) is -0.0654. The minimum Gasteiger partial charge on any atom is -0.461 e. The molecule has 8 heteroatoms. The quantitative estimate of drug-likeness (QED) is 0.768. The molecule has 0 unspecified atom stereocenters. The summed E-state index contributed by atoms with van der Waals surface area (Å²) in [5, 5.41) is 10.6. The first kappa shape index (κ1) is 15.3. The number of esters is 1. The molecule has 0 aliphatic carbocycles. The highest BCUT2D eigenvalue weighted by Crippen LogP contribution is 2.07. The molecule has 21 heavy (non-hydrogen) atoms. The van der Waals surface area contributed by atoms with Gasteiger partial charge in [-0.2, -0.15) is 0 Å². The van der Waals surface area contributed by atoms with Gasteiger partial charge in [0.05, 0.1) is 18.8 Å². The SMILES string of the molecule is Cc1c(C(=O)OCC(C)C)nnn1CCN1CCNC1=O. The second kappa shape index (κ2) is 6.55. The number of hydrogen-bond acceptors (Lipinski definition) is 5. The lowest BCUT2D eigenvalue weighted by atomic mass is 10.2. The molecule has 116 valence electrons. The van der Waals surface area contributed by atoms with Crippen LogP contribution in [0.5, 0.6) is 0 Å². The van der Waals surface area contributed by atoms with E-state index in [9.17, 15) is 9.59 Å². The molecule has 8 nitrogen and oxygen atoms in total. The van der Waals surface area contributed by atoms with Crippen LogP contribution >= 0.6 is 0 Å². The van der Waals surface area contributed by atoms with Crippen molar-refractivity contribution in [1.82, 2.24) is 25.2 Å². The van der Waals surface area contributed by atoms with Gasteiger partial charge in [-0.3, -0.25) is 0 Å². The van der Waals surface area contributed by atoms with Crippen molar-refractivity contribution in [3.05, 3.63) is 11.4 Å². The number of hydrogen-bond donors (Lipinski definition) is 1. The topological polar surface area (TPSA) is 89.3 Å². The van der Waals surface area contributed by atoms with Crippen molar-refractivity contribution in [2.45, 2.75) is 27.3 Å². The zero-order valence-corrected chi connectivity index (χ0v) is 12.6. The van der Waals surface area contributed by atoms with E-state index in [0.717, 1.165) is 0 Å². The average molecular weight is 295 g/mol. The molecule has 1 N–H and O–H groups in total. The Balaban J connectivity index is 1.93. The Morgan fingerprint density at radius 3 is 2.81 bits per heavy atom. The van der Waals surface area contributed by atoms with Gasteiger partial charge in [-0.1, -0.05) is 19.1 Å². The maximum atomic E-state index is 11.9. The van der Waals surface area contributed by atoms with Gasteiger partial charge < -0.3 is 15.0 Å². The number of nitrogens with zero attached hydrogens (tertiary/aromatic N) is 4. The Morgan fingerprint density at radius 1 is 1.43 bits per heavy atom. The predicted octanol–water partition coefficient (Wildman–Crippen LogP) is 0.425. The van der Waals surface area contributed by atoms with Crippen LogP contribution in [0, 0.1) is 12.8 Å². The first-order valence-corrected chi connectivity index (χ1v) is 7.09. The van der Waals surface area contributed by atoms with Crippen LogP contribution in [0.1, 0.15) is 30.0 Å². The van der Waals surface area contributed by atoms with Gasteiger partial charge in [-0.25, -0.2) is 14.3 Å². The Morgan fingerprint density at radius 2 is 2.19 bits per heavy atom. The molecule has 2 rings (SSSR count). The van der Waals surface area contributed by atoms with E-state index in [0.29, 0.717) is 38.5 Å². The van der Waals surface area contributed by atoms with Gasteiger partial charge in [0.15, 0.2) is 5.69 Å². The molecule has 1 saturated heterocycles. The molecule has 1 aromatic rings. The van der Waals surface area contributed by atoms with Crippen LogP contribution in [-0.2, 0) is 11.3 Å². The van der Waals surface area contributed by atoms with Crippen LogP contribution in [0.4, 0.5) is 4.79 Å². The third-order valence-electron chi connectivity index (χ3n) is 3.25. The minimum atomic E-state index is -0.452. The molecule has 1 fully saturated rings. The summed E-state index contributed by atoms with van der Waals surface area (Å²) < 4.78 is 6.77. The van der Waals surface area contributed by atoms with Gasteiger partial charge in [0.25, 0.3) is 0 Å². The Bertz CT molecular complexity index is 526. The number of nitrogens with one attached hydrogen (secondary N) is 1. The predicted molar refractivity (Wildman–Crippen MR) is 74.9 cm³/mol. The van der Waals surface area contributed by atoms with E-state index >= 15 is 0 Å².